The Bertz CT molecular complexity index is 1630. The van der Waals surface area contributed by atoms with Gasteiger partial charge in [0.2, 0.25) is 0 Å². The molecule has 4 aromatic rings. The summed E-state index contributed by atoms with van der Waals surface area (Å²) >= 11 is 0. The third kappa shape index (κ3) is 11.4. The van der Waals surface area contributed by atoms with Crippen LogP contribution in [0.1, 0.15) is 87.5 Å². The van der Waals surface area contributed by atoms with Gasteiger partial charge in [0.1, 0.15) is 11.5 Å². The molecule has 0 heterocycles. The largest absolute Gasteiger partial charge is 0.399 e. The predicted octanol–water partition coefficient (Wildman–Crippen LogP) is 10.6. The molecule has 0 saturated heterocycles. The van der Waals surface area contributed by atoms with E-state index in [-0.39, 0.29) is 18.2 Å². The predicted molar refractivity (Wildman–Crippen MR) is 212 cm³/mol. The third-order valence-electron chi connectivity index (χ3n) is 11.8. The quantitative estimate of drug-likeness (QED) is 0.107. The Hall–Kier alpha value is -3.82. The molecule has 55 heavy (non-hydrogen) atoms. The second-order valence-electron chi connectivity index (χ2n) is 16.0. The van der Waals surface area contributed by atoms with Crippen molar-refractivity contribution in [2.75, 3.05) is 6.61 Å². The molecule has 0 N–H and O–H groups in total. The Labute approximate surface area is 325 Å². The van der Waals surface area contributed by atoms with Crippen LogP contribution in [-0.2, 0) is 40.4 Å². The van der Waals surface area contributed by atoms with E-state index in [9.17, 15) is 4.79 Å². The van der Waals surface area contributed by atoms with Gasteiger partial charge in [-0.3, -0.25) is 14.6 Å². The van der Waals surface area contributed by atoms with Crippen LogP contribution in [0.4, 0.5) is 13.2 Å². The summed E-state index contributed by atoms with van der Waals surface area (Å²) < 4.78 is 57.6. The number of ketones is 1. The molecule has 6 rings (SSSR count). The number of halogens is 3. The standard InChI is InChI=1S/C47H57F3N2O3/c1-36(53)45(55-44-29-25-42(26-30-44)52(33-39-19-11-5-12-20-39)34-40-21-13-6-14-22-40)46(2,47(48,49)50)35-54-43-27-23-41(24-28-43)51(31-37-15-7-3-8-16-37)32-38-17-9-4-10-18-38/h3-22,41-45H,23-35H2,1-2H3. The average Bonchev–Trinajstić information content (AvgIpc) is 3.20. The van der Waals surface area contributed by atoms with Gasteiger partial charge in [0.15, 0.2) is 5.78 Å². The fourth-order valence-corrected chi connectivity index (χ4v) is 8.51. The Balaban J connectivity index is 1.06. The first-order chi connectivity index (χ1) is 26.6. The van der Waals surface area contributed by atoms with Crippen molar-refractivity contribution in [3.8, 4) is 0 Å². The summed E-state index contributed by atoms with van der Waals surface area (Å²) in [6.07, 6.45) is -1.34. The molecule has 2 aliphatic rings. The molecule has 0 spiro atoms. The van der Waals surface area contributed by atoms with Crippen molar-refractivity contribution < 1.29 is 27.4 Å². The van der Waals surface area contributed by atoms with Crippen LogP contribution in [0.15, 0.2) is 121 Å². The van der Waals surface area contributed by atoms with Crippen LogP contribution >= 0.6 is 0 Å². The Morgan fingerprint density at radius 1 is 0.582 bits per heavy atom. The molecule has 2 unspecified atom stereocenters. The number of hydrogen-bond acceptors (Lipinski definition) is 5. The van der Waals surface area contributed by atoms with E-state index in [1.165, 1.54) is 29.2 Å². The van der Waals surface area contributed by atoms with Crippen LogP contribution in [0, 0.1) is 5.41 Å². The first-order valence-electron chi connectivity index (χ1n) is 20.1. The number of ether oxygens (including phenoxy) is 2. The van der Waals surface area contributed by atoms with Crippen molar-refractivity contribution >= 4 is 5.78 Å². The average molecular weight is 755 g/mol. The van der Waals surface area contributed by atoms with E-state index >= 15 is 13.2 Å². The van der Waals surface area contributed by atoms with Gasteiger partial charge in [-0.25, -0.2) is 0 Å². The molecule has 0 amide bonds. The number of alkyl halides is 3. The summed E-state index contributed by atoms with van der Waals surface area (Å²) in [4.78, 5) is 18.0. The van der Waals surface area contributed by atoms with Crippen LogP contribution < -0.4 is 0 Å². The monoisotopic (exact) mass is 754 g/mol. The lowest BCUT2D eigenvalue weighted by Crippen LogP contribution is -2.54. The number of hydrogen-bond donors (Lipinski definition) is 0. The molecule has 0 bridgehead atoms. The van der Waals surface area contributed by atoms with Crippen molar-refractivity contribution in [2.24, 2.45) is 5.41 Å². The van der Waals surface area contributed by atoms with Gasteiger partial charge in [-0.2, -0.15) is 13.2 Å². The minimum atomic E-state index is -4.69. The number of benzene rings is 4. The van der Waals surface area contributed by atoms with E-state index in [0.717, 1.165) is 58.8 Å². The molecule has 0 aromatic heterocycles. The van der Waals surface area contributed by atoms with Gasteiger partial charge in [-0.15, -0.1) is 0 Å². The van der Waals surface area contributed by atoms with Crippen LogP contribution in [0.5, 0.6) is 0 Å². The summed E-state index contributed by atoms with van der Waals surface area (Å²) in [6, 6.07) is 42.0. The van der Waals surface area contributed by atoms with Crippen LogP contribution in [-0.4, -0.2) is 58.8 Å². The second-order valence-corrected chi connectivity index (χ2v) is 16.0. The van der Waals surface area contributed by atoms with E-state index in [4.69, 9.17) is 9.47 Å². The SMILES string of the molecule is CC(=O)C(OC1CCC(N(Cc2ccccc2)Cc2ccccc2)CC1)C(C)(COC1CCC(N(Cc2ccccc2)Cc2ccccc2)CC1)C(F)(F)F. The number of rotatable bonds is 17. The lowest BCUT2D eigenvalue weighted by molar-refractivity contribution is -0.276. The third-order valence-corrected chi connectivity index (χ3v) is 11.8. The van der Waals surface area contributed by atoms with Gasteiger partial charge in [-0.1, -0.05) is 121 Å². The Morgan fingerprint density at radius 3 is 1.22 bits per heavy atom. The zero-order valence-electron chi connectivity index (χ0n) is 32.4. The van der Waals surface area contributed by atoms with Crippen molar-refractivity contribution in [3.05, 3.63) is 144 Å². The van der Waals surface area contributed by atoms with E-state index in [2.05, 4.69) is 82.6 Å². The maximum Gasteiger partial charge on any atom is 0.399 e. The molecule has 2 fully saturated rings. The minimum Gasteiger partial charge on any atom is -0.377 e. The lowest BCUT2D eigenvalue weighted by Gasteiger charge is -2.43. The summed E-state index contributed by atoms with van der Waals surface area (Å²) in [6.45, 7) is 4.90. The molecular formula is C47H57F3N2O3. The minimum absolute atomic E-state index is 0.250. The van der Waals surface area contributed by atoms with Gasteiger partial charge in [-0.05, 0) is 87.5 Å². The first-order valence-corrected chi connectivity index (χ1v) is 20.1. The van der Waals surface area contributed by atoms with E-state index in [1.807, 2.05) is 48.5 Å². The molecule has 2 saturated carbocycles. The molecule has 8 heteroatoms. The fourth-order valence-electron chi connectivity index (χ4n) is 8.51. The lowest BCUT2D eigenvalue weighted by atomic mass is 9.81. The van der Waals surface area contributed by atoms with Gasteiger partial charge >= 0.3 is 6.18 Å². The van der Waals surface area contributed by atoms with Gasteiger partial charge < -0.3 is 9.47 Å². The Morgan fingerprint density at radius 2 is 0.909 bits per heavy atom. The highest BCUT2D eigenvalue weighted by atomic mass is 19.4. The smallest absolute Gasteiger partial charge is 0.377 e. The zero-order chi connectivity index (χ0) is 38.7. The molecule has 0 radical (unpaired) electrons. The first kappa shape index (κ1) is 40.8. The molecule has 2 aliphatic carbocycles. The summed E-state index contributed by atoms with van der Waals surface area (Å²) in [7, 11) is 0. The van der Waals surface area contributed by atoms with E-state index in [1.54, 1.807) is 0 Å². The molecule has 5 nitrogen and oxygen atoms in total. The maximum atomic E-state index is 15.1. The maximum absolute atomic E-state index is 15.1. The normalized spacial score (nSPS) is 22.3. The number of carbonyl (C=O) groups is 1. The highest BCUT2D eigenvalue weighted by Gasteiger charge is 2.59. The van der Waals surface area contributed by atoms with Gasteiger partial charge in [0.05, 0.1) is 18.8 Å². The highest BCUT2D eigenvalue weighted by molar-refractivity contribution is 5.81. The summed E-state index contributed by atoms with van der Waals surface area (Å²) in [5, 5.41) is 0. The van der Waals surface area contributed by atoms with E-state index in [0.29, 0.717) is 25.7 Å². The Kier molecular flexibility index (Phi) is 14.4. The summed E-state index contributed by atoms with van der Waals surface area (Å²) in [5.74, 6) is -0.610. The van der Waals surface area contributed by atoms with Crippen molar-refractivity contribution in [3.63, 3.8) is 0 Å². The zero-order valence-corrected chi connectivity index (χ0v) is 32.4. The van der Waals surface area contributed by atoms with Crippen molar-refractivity contribution in [1.29, 1.82) is 0 Å². The highest BCUT2D eigenvalue weighted by Crippen LogP contribution is 2.45. The number of nitrogens with zero attached hydrogens (tertiary/aromatic N) is 2. The molecule has 294 valence electrons. The number of carbonyl (C=O) groups excluding carboxylic acids is 1. The molecule has 4 aromatic carbocycles. The fraction of sp³-hybridized carbons (Fsp3) is 0.468. The molecular weight excluding hydrogens is 698 g/mol. The van der Waals surface area contributed by atoms with Crippen molar-refractivity contribution in [1.82, 2.24) is 9.80 Å². The van der Waals surface area contributed by atoms with Crippen LogP contribution in [0.25, 0.3) is 0 Å². The van der Waals surface area contributed by atoms with Crippen LogP contribution in [0.3, 0.4) is 0 Å². The van der Waals surface area contributed by atoms with Crippen molar-refractivity contribution in [2.45, 2.75) is 128 Å². The topological polar surface area (TPSA) is 42.0 Å². The van der Waals surface area contributed by atoms with Gasteiger partial charge in [0, 0.05) is 38.3 Å². The van der Waals surface area contributed by atoms with Gasteiger partial charge in [0.25, 0.3) is 0 Å². The molecule has 2 atom stereocenters. The van der Waals surface area contributed by atoms with E-state index < -0.39 is 36.2 Å². The number of Topliss-reactive ketones (excluding diaryl/α,β-unsaturated/α-hetero) is 1. The second kappa shape index (κ2) is 19.4. The summed E-state index contributed by atoms with van der Waals surface area (Å²) in [5.41, 5.74) is 2.45. The molecule has 0 aliphatic heterocycles. The van der Waals surface area contributed by atoms with Crippen LogP contribution in [0.2, 0.25) is 0 Å².